The molecule has 0 aliphatic carbocycles. The number of nitrogens with zero attached hydrogens (tertiary/aromatic N) is 1. The number of hydrogen-bond acceptors (Lipinski definition) is 3. The van der Waals surface area contributed by atoms with Crippen molar-refractivity contribution in [3.05, 3.63) is 30.1 Å². The summed E-state index contributed by atoms with van der Waals surface area (Å²) in [6.45, 7) is 0.942. The summed E-state index contributed by atoms with van der Waals surface area (Å²) in [6.07, 6.45) is 4.81. The Morgan fingerprint density at radius 2 is 2.36 bits per heavy atom. The molecule has 1 aromatic rings. The first-order valence-corrected chi connectivity index (χ1v) is 4.57. The van der Waals surface area contributed by atoms with Gasteiger partial charge in [-0.2, -0.15) is 0 Å². The van der Waals surface area contributed by atoms with E-state index in [9.17, 15) is 5.11 Å². The second-order valence-corrected chi connectivity index (χ2v) is 3.05. The summed E-state index contributed by atoms with van der Waals surface area (Å²) >= 11 is 0. The SMILES string of the molecule is CNCCCC(O)c1cccnc1.Cl. The minimum Gasteiger partial charge on any atom is -0.388 e. The predicted molar refractivity (Wildman–Crippen MR) is 59.6 cm³/mol. The highest BCUT2D eigenvalue weighted by molar-refractivity contribution is 5.85. The Labute approximate surface area is 91.0 Å². The van der Waals surface area contributed by atoms with Gasteiger partial charge in [-0.1, -0.05) is 6.07 Å². The van der Waals surface area contributed by atoms with Gasteiger partial charge in [0, 0.05) is 12.4 Å². The Bertz CT molecular complexity index is 231. The van der Waals surface area contributed by atoms with Crippen molar-refractivity contribution in [1.82, 2.24) is 10.3 Å². The van der Waals surface area contributed by atoms with Crippen molar-refractivity contribution in [2.75, 3.05) is 13.6 Å². The van der Waals surface area contributed by atoms with E-state index in [1.54, 1.807) is 12.4 Å². The van der Waals surface area contributed by atoms with Crippen LogP contribution in [0.3, 0.4) is 0 Å². The van der Waals surface area contributed by atoms with Gasteiger partial charge in [-0.3, -0.25) is 4.98 Å². The Morgan fingerprint density at radius 1 is 1.57 bits per heavy atom. The third-order valence-corrected chi connectivity index (χ3v) is 1.97. The lowest BCUT2D eigenvalue weighted by atomic mass is 10.1. The molecule has 80 valence electrons. The van der Waals surface area contributed by atoms with Gasteiger partial charge < -0.3 is 10.4 Å². The van der Waals surface area contributed by atoms with Crippen LogP contribution in [0.2, 0.25) is 0 Å². The van der Waals surface area contributed by atoms with Crippen LogP contribution in [-0.2, 0) is 0 Å². The molecule has 1 heterocycles. The third-order valence-electron chi connectivity index (χ3n) is 1.97. The Kier molecular flexibility index (Phi) is 7.38. The first-order valence-electron chi connectivity index (χ1n) is 4.57. The van der Waals surface area contributed by atoms with Gasteiger partial charge in [-0.05, 0) is 38.1 Å². The van der Waals surface area contributed by atoms with E-state index >= 15 is 0 Å². The van der Waals surface area contributed by atoms with E-state index in [2.05, 4.69) is 10.3 Å². The highest BCUT2D eigenvalue weighted by atomic mass is 35.5. The summed E-state index contributed by atoms with van der Waals surface area (Å²) in [5.41, 5.74) is 0.901. The van der Waals surface area contributed by atoms with Gasteiger partial charge in [0.05, 0.1) is 6.10 Å². The standard InChI is InChI=1S/C10H16N2O.ClH/c1-11-6-3-5-10(13)9-4-2-7-12-8-9;/h2,4,7-8,10-11,13H,3,5-6H2,1H3;1H. The number of nitrogens with one attached hydrogen (secondary N) is 1. The maximum absolute atomic E-state index is 9.68. The molecule has 1 atom stereocenters. The average Bonchev–Trinajstić information content (AvgIpc) is 2.19. The molecule has 4 heteroatoms. The summed E-state index contributed by atoms with van der Waals surface area (Å²) in [4.78, 5) is 3.96. The molecule has 0 saturated heterocycles. The topological polar surface area (TPSA) is 45.1 Å². The Hall–Kier alpha value is -0.640. The molecule has 1 aromatic heterocycles. The highest BCUT2D eigenvalue weighted by Crippen LogP contribution is 2.15. The third kappa shape index (κ3) is 4.56. The molecule has 0 fully saturated rings. The van der Waals surface area contributed by atoms with Gasteiger partial charge in [-0.15, -0.1) is 12.4 Å². The lowest BCUT2D eigenvalue weighted by Gasteiger charge is -2.09. The Morgan fingerprint density at radius 3 is 2.93 bits per heavy atom. The zero-order valence-corrected chi connectivity index (χ0v) is 9.13. The van der Waals surface area contributed by atoms with Crippen LogP contribution in [0.25, 0.3) is 0 Å². The van der Waals surface area contributed by atoms with Crippen molar-refractivity contribution in [2.45, 2.75) is 18.9 Å². The van der Waals surface area contributed by atoms with Crippen molar-refractivity contribution in [3.8, 4) is 0 Å². The average molecular weight is 217 g/mol. The van der Waals surface area contributed by atoms with E-state index in [1.165, 1.54) is 0 Å². The molecule has 0 amide bonds. The molecular weight excluding hydrogens is 200 g/mol. The van der Waals surface area contributed by atoms with Crippen LogP contribution in [-0.4, -0.2) is 23.7 Å². The summed E-state index contributed by atoms with van der Waals surface area (Å²) in [5, 5.41) is 12.7. The van der Waals surface area contributed by atoms with Crippen LogP contribution in [0, 0.1) is 0 Å². The number of hydrogen-bond donors (Lipinski definition) is 2. The van der Waals surface area contributed by atoms with Crippen molar-refractivity contribution in [2.24, 2.45) is 0 Å². The van der Waals surface area contributed by atoms with Crippen LogP contribution in [0.5, 0.6) is 0 Å². The summed E-state index contributed by atoms with van der Waals surface area (Å²) in [7, 11) is 1.91. The predicted octanol–water partition coefficient (Wildman–Crippen LogP) is 1.54. The second kappa shape index (κ2) is 7.74. The number of aliphatic hydroxyl groups excluding tert-OH is 1. The monoisotopic (exact) mass is 216 g/mol. The number of aromatic nitrogens is 1. The van der Waals surface area contributed by atoms with E-state index in [-0.39, 0.29) is 18.5 Å². The van der Waals surface area contributed by atoms with Crippen molar-refractivity contribution in [1.29, 1.82) is 0 Å². The first-order chi connectivity index (χ1) is 6.34. The minimum absolute atomic E-state index is 0. The van der Waals surface area contributed by atoms with Crippen LogP contribution >= 0.6 is 12.4 Å². The lowest BCUT2D eigenvalue weighted by Crippen LogP contribution is -2.09. The molecule has 1 unspecified atom stereocenters. The molecule has 0 aliphatic heterocycles. The molecule has 0 radical (unpaired) electrons. The van der Waals surface area contributed by atoms with Crippen LogP contribution < -0.4 is 5.32 Å². The minimum atomic E-state index is -0.373. The largest absolute Gasteiger partial charge is 0.388 e. The van der Waals surface area contributed by atoms with Gasteiger partial charge in [0.2, 0.25) is 0 Å². The first kappa shape index (κ1) is 13.4. The van der Waals surface area contributed by atoms with E-state index in [1.807, 2.05) is 19.2 Å². The second-order valence-electron chi connectivity index (χ2n) is 3.05. The van der Waals surface area contributed by atoms with Crippen LogP contribution in [0.15, 0.2) is 24.5 Å². The molecule has 0 bridgehead atoms. The van der Waals surface area contributed by atoms with Crippen molar-refractivity contribution < 1.29 is 5.11 Å². The number of aliphatic hydroxyl groups is 1. The summed E-state index contributed by atoms with van der Waals surface area (Å²) in [6, 6.07) is 3.74. The van der Waals surface area contributed by atoms with Gasteiger partial charge in [0.1, 0.15) is 0 Å². The summed E-state index contributed by atoms with van der Waals surface area (Å²) in [5.74, 6) is 0. The number of halogens is 1. The van der Waals surface area contributed by atoms with Gasteiger partial charge in [-0.25, -0.2) is 0 Å². The highest BCUT2D eigenvalue weighted by Gasteiger charge is 2.05. The Balaban J connectivity index is 0.00000169. The smallest absolute Gasteiger partial charge is 0.0805 e. The van der Waals surface area contributed by atoms with Gasteiger partial charge in [0.25, 0.3) is 0 Å². The molecule has 3 nitrogen and oxygen atoms in total. The molecule has 0 aromatic carbocycles. The van der Waals surface area contributed by atoms with E-state index in [4.69, 9.17) is 0 Å². The summed E-state index contributed by atoms with van der Waals surface area (Å²) < 4.78 is 0. The fourth-order valence-electron chi connectivity index (χ4n) is 1.21. The van der Waals surface area contributed by atoms with Crippen molar-refractivity contribution >= 4 is 12.4 Å². The molecule has 0 aliphatic rings. The zero-order chi connectivity index (χ0) is 9.52. The quantitative estimate of drug-likeness (QED) is 0.734. The maximum Gasteiger partial charge on any atom is 0.0805 e. The van der Waals surface area contributed by atoms with Crippen molar-refractivity contribution in [3.63, 3.8) is 0 Å². The fourth-order valence-corrected chi connectivity index (χ4v) is 1.21. The van der Waals surface area contributed by atoms with E-state index < -0.39 is 0 Å². The molecule has 0 saturated carbocycles. The van der Waals surface area contributed by atoms with Crippen LogP contribution in [0.1, 0.15) is 24.5 Å². The van der Waals surface area contributed by atoms with Crippen LogP contribution in [0.4, 0.5) is 0 Å². The lowest BCUT2D eigenvalue weighted by molar-refractivity contribution is 0.164. The molecule has 0 spiro atoms. The molecule has 1 rings (SSSR count). The number of pyridine rings is 1. The maximum atomic E-state index is 9.68. The molecule has 14 heavy (non-hydrogen) atoms. The van der Waals surface area contributed by atoms with Gasteiger partial charge >= 0.3 is 0 Å². The molecular formula is C10H17ClN2O. The zero-order valence-electron chi connectivity index (χ0n) is 8.31. The van der Waals surface area contributed by atoms with E-state index in [0.29, 0.717) is 0 Å². The van der Waals surface area contributed by atoms with Gasteiger partial charge in [0.15, 0.2) is 0 Å². The van der Waals surface area contributed by atoms with E-state index in [0.717, 1.165) is 24.9 Å². The normalized spacial score (nSPS) is 11.9. The fraction of sp³-hybridized carbons (Fsp3) is 0.500. The molecule has 2 N–H and O–H groups in total. The number of rotatable bonds is 5.